The van der Waals surface area contributed by atoms with Gasteiger partial charge >= 0.3 is 17.9 Å². The molecule has 0 aromatic carbocycles. The van der Waals surface area contributed by atoms with Crippen LogP contribution in [0.3, 0.4) is 0 Å². The van der Waals surface area contributed by atoms with Crippen LogP contribution in [-0.2, 0) is 38.1 Å². The van der Waals surface area contributed by atoms with Crippen LogP contribution in [0.1, 0.15) is 48.0 Å². The monoisotopic (exact) mass is 476 g/mol. The van der Waals surface area contributed by atoms with Crippen LogP contribution in [0.5, 0.6) is 0 Å². The molecule has 0 radical (unpaired) electrons. The Morgan fingerprint density at radius 1 is 1.09 bits per heavy atom. The third kappa shape index (κ3) is 2.99. The summed E-state index contributed by atoms with van der Waals surface area (Å²) in [7, 11) is 0. The predicted molar refractivity (Wildman–Crippen MR) is 116 cm³/mol. The second-order valence-corrected chi connectivity index (χ2v) is 10.9. The first-order valence-corrected chi connectivity index (χ1v) is 11.8. The van der Waals surface area contributed by atoms with Crippen molar-refractivity contribution in [2.75, 3.05) is 0 Å². The Kier molecular flexibility index (Phi) is 4.94. The summed E-state index contributed by atoms with van der Waals surface area (Å²) in [6, 6.07) is 0. The summed E-state index contributed by atoms with van der Waals surface area (Å²) in [6.45, 7) is 14.4. The molecule has 4 fully saturated rings. The minimum atomic E-state index is -1.27. The van der Waals surface area contributed by atoms with Gasteiger partial charge in [-0.05, 0) is 34.6 Å². The fourth-order valence-corrected chi connectivity index (χ4v) is 6.06. The molecule has 0 aromatic rings. The zero-order valence-electron chi connectivity index (χ0n) is 20.3. The van der Waals surface area contributed by atoms with E-state index in [0.29, 0.717) is 6.42 Å². The number of fused-ring (bicyclic) bond motifs is 3. The number of epoxide rings is 2. The maximum Gasteiger partial charge on any atom is 0.341 e. The summed E-state index contributed by atoms with van der Waals surface area (Å²) in [5.74, 6) is -2.92. The topological polar surface area (TPSA) is 124 Å². The Balaban J connectivity index is 1.52. The van der Waals surface area contributed by atoms with Gasteiger partial charge in [0.15, 0.2) is 11.2 Å². The lowest BCUT2D eigenvalue weighted by Gasteiger charge is -2.56. The average molecular weight is 477 g/mol. The summed E-state index contributed by atoms with van der Waals surface area (Å²) in [6.07, 6.45) is -2.15. The van der Waals surface area contributed by atoms with Crippen LogP contribution in [0.15, 0.2) is 23.8 Å². The quantitative estimate of drug-likeness (QED) is 0.212. The molecule has 0 spiro atoms. The summed E-state index contributed by atoms with van der Waals surface area (Å²) < 4.78 is 28.4. The van der Waals surface area contributed by atoms with E-state index in [4.69, 9.17) is 23.7 Å². The number of carbonyl (C=O) groups is 3. The van der Waals surface area contributed by atoms with Crippen molar-refractivity contribution in [3.63, 3.8) is 0 Å². The fourth-order valence-electron chi connectivity index (χ4n) is 6.06. The van der Waals surface area contributed by atoms with Gasteiger partial charge in [0.2, 0.25) is 0 Å². The molecule has 0 aromatic heterocycles. The third-order valence-corrected chi connectivity index (χ3v) is 8.98. The lowest BCUT2D eigenvalue weighted by molar-refractivity contribution is -0.228. The third-order valence-electron chi connectivity index (χ3n) is 8.98. The Hall–Kier alpha value is -2.23. The molecule has 34 heavy (non-hydrogen) atoms. The van der Waals surface area contributed by atoms with Gasteiger partial charge in [-0.1, -0.05) is 25.2 Å². The normalized spacial score (nSPS) is 51.0. The summed E-state index contributed by atoms with van der Waals surface area (Å²) in [5, 5.41) is 11.8. The molecule has 9 heteroatoms. The lowest BCUT2D eigenvalue weighted by atomic mass is 9.53. The highest BCUT2D eigenvalue weighted by molar-refractivity contribution is 5.91. The SMILES string of the molecule is C=C1C(=O)OC2C1C(OC(=O)C1(C)OC1C)C(O)C1(C)C(OC(=O)C3(C)OC3C)CC=C(C)C21. The molecule has 0 amide bonds. The Labute approximate surface area is 198 Å². The van der Waals surface area contributed by atoms with Gasteiger partial charge in [-0.3, -0.25) is 0 Å². The zero-order valence-corrected chi connectivity index (χ0v) is 20.3. The molecule has 3 saturated heterocycles. The van der Waals surface area contributed by atoms with Gasteiger partial charge in [-0.2, -0.15) is 0 Å². The van der Waals surface area contributed by atoms with E-state index in [0.717, 1.165) is 5.57 Å². The largest absolute Gasteiger partial charge is 0.459 e. The molecule has 3 heterocycles. The number of esters is 3. The molecule has 11 unspecified atom stereocenters. The van der Waals surface area contributed by atoms with E-state index in [2.05, 4.69) is 6.58 Å². The van der Waals surface area contributed by atoms with Gasteiger partial charge in [0, 0.05) is 23.3 Å². The average Bonchev–Trinajstić information content (AvgIpc) is 3.56. The number of carbonyl (C=O) groups excluding carboxylic acids is 3. The highest BCUT2D eigenvalue weighted by Crippen LogP contribution is 2.58. The van der Waals surface area contributed by atoms with E-state index in [1.807, 2.05) is 13.0 Å². The Morgan fingerprint density at radius 2 is 1.62 bits per heavy atom. The maximum atomic E-state index is 13.0. The van der Waals surface area contributed by atoms with Crippen LogP contribution in [0.25, 0.3) is 0 Å². The Bertz CT molecular complexity index is 1020. The van der Waals surface area contributed by atoms with Gasteiger partial charge in [0.1, 0.15) is 24.4 Å². The second kappa shape index (κ2) is 7.15. The van der Waals surface area contributed by atoms with Crippen LogP contribution < -0.4 is 0 Å². The molecular formula is C25H32O9. The number of ether oxygens (including phenoxy) is 5. The summed E-state index contributed by atoms with van der Waals surface area (Å²) in [5.41, 5.74) is -2.18. The molecule has 5 rings (SSSR count). The molecule has 2 aliphatic carbocycles. The molecule has 186 valence electrons. The van der Waals surface area contributed by atoms with E-state index in [1.165, 1.54) is 0 Å². The number of hydrogen-bond acceptors (Lipinski definition) is 9. The van der Waals surface area contributed by atoms with Crippen molar-refractivity contribution in [1.82, 2.24) is 0 Å². The van der Waals surface area contributed by atoms with Gasteiger partial charge < -0.3 is 28.8 Å². The molecule has 1 N–H and O–H groups in total. The van der Waals surface area contributed by atoms with Gasteiger partial charge in [-0.25, -0.2) is 14.4 Å². The van der Waals surface area contributed by atoms with E-state index in [1.54, 1.807) is 34.6 Å². The van der Waals surface area contributed by atoms with Crippen molar-refractivity contribution in [3.05, 3.63) is 23.8 Å². The second-order valence-electron chi connectivity index (χ2n) is 10.9. The lowest BCUT2D eigenvalue weighted by Crippen LogP contribution is -2.66. The standard InChI is InChI=1S/C25H32O9/c1-10-8-9-14(30-21(28)24(6)12(3)33-24)23(5)16(10)17-15(11(2)20(27)31-17)18(19(23)26)32-22(29)25(7)13(4)34-25/h8,12-19,26H,2,9H2,1,3-7H3. The maximum absolute atomic E-state index is 13.0. The van der Waals surface area contributed by atoms with E-state index < -0.39 is 70.8 Å². The summed E-state index contributed by atoms with van der Waals surface area (Å²) >= 11 is 0. The van der Waals surface area contributed by atoms with Crippen molar-refractivity contribution < 1.29 is 43.2 Å². The van der Waals surface area contributed by atoms with E-state index >= 15 is 0 Å². The number of rotatable bonds is 4. The van der Waals surface area contributed by atoms with Gasteiger partial charge in [0.05, 0.1) is 18.1 Å². The first-order chi connectivity index (χ1) is 15.8. The highest BCUT2D eigenvalue weighted by Gasteiger charge is 2.69. The molecule has 0 bridgehead atoms. The Morgan fingerprint density at radius 3 is 2.15 bits per heavy atom. The van der Waals surface area contributed by atoms with Crippen LogP contribution in [0, 0.1) is 17.3 Å². The first kappa shape index (κ1) is 23.5. The molecular weight excluding hydrogens is 444 g/mol. The minimum Gasteiger partial charge on any atom is -0.459 e. The van der Waals surface area contributed by atoms with Crippen molar-refractivity contribution in [2.24, 2.45) is 17.3 Å². The molecule has 9 nitrogen and oxygen atoms in total. The van der Waals surface area contributed by atoms with Crippen molar-refractivity contribution >= 4 is 17.9 Å². The fraction of sp³-hybridized carbons (Fsp3) is 0.720. The number of aliphatic hydroxyl groups excluding tert-OH is 1. The zero-order chi connectivity index (χ0) is 25.0. The molecule has 1 saturated carbocycles. The van der Waals surface area contributed by atoms with Crippen molar-refractivity contribution in [3.8, 4) is 0 Å². The van der Waals surface area contributed by atoms with E-state index in [9.17, 15) is 19.5 Å². The molecule has 5 aliphatic rings. The van der Waals surface area contributed by atoms with Crippen LogP contribution >= 0.6 is 0 Å². The van der Waals surface area contributed by atoms with Crippen LogP contribution in [0.4, 0.5) is 0 Å². The highest BCUT2D eigenvalue weighted by atomic mass is 16.7. The minimum absolute atomic E-state index is 0.151. The molecule has 3 aliphatic heterocycles. The van der Waals surface area contributed by atoms with Crippen molar-refractivity contribution in [2.45, 2.75) is 95.8 Å². The number of hydrogen-bond donors (Lipinski definition) is 1. The summed E-state index contributed by atoms with van der Waals surface area (Å²) in [4.78, 5) is 38.5. The van der Waals surface area contributed by atoms with E-state index in [-0.39, 0.29) is 17.8 Å². The smallest absolute Gasteiger partial charge is 0.341 e. The van der Waals surface area contributed by atoms with Crippen LogP contribution in [0.2, 0.25) is 0 Å². The predicted octanol–water partition coefficient (Wildman–Crippen LogP) is 1.61. The van der Waals surface area contributed by atoms with Crippen LogP contribution in [-0.4, -0.2) is 70.8 Å². The number of aliphatic hydroxyl groups is 1. The van der Waals surface area contributed by atoms with Crippen molar-refractivity contribution in [1.29, 1.82) is 0 Å². The van der Waals surface area contributed by atoms with Gasteiger partial charge in [-0.15, -0.1) is 0 Å². The van der Waals surface area contributed by atoms with Gasteiger partial charge in [0.25, 0.3) is 0 Å². The molecule has 11 atom stereocenters. The first-order valence-electron chi connectivity index (χ1n) is 11.8.